The van der Waals surface area contributed by atoms with Crippen molar-refractivity contribution in [2.75, 3.05) is 9.91 Å². The number of hydrazine groups is 1. The predicted molar refractivity (Wildman–Crippen MR) is 100 cm³/mol. The summed E-state index contributed by atoms with van der Waals surface area (Å²) in [4.78, 5) is 35.1. The molecule has 0 atom stereocenters. The highest BCUT2D eigenvalue weighted by molar-refractivity contribution is 7.80. The van der Waals surface area contributed by atoms with Crippen LogP contribution in [0.15, 0.2) is 77.4 Å². The summed E-state index contributed by atoms with van der Waals surface area (Å²) in [6.45, 7) is 0. The first kappa shape index (κ1) is 16.1. The molecule has 0 aromatic heterocycles. The van der Waals surface area contributed by atoms with E-state index in [2.05, 4.69) is 10.6 Å². The molecular formula is C18H12N4O3S. The van der Waals surface area contributed by atoms with Crippen LogP contribution in [0.2, 0.25) is 0 Å². The van der Waals surface area contributed by atoms with Gasteiger partial charge in [-0.25, -0.2) is 19.7 Å². The third kappa shape index (κ3) is 2.77. The van der Waals surface area contributed by atoms with Crippen LogP contribution in [0.4, 0.5) is 11.4 Å². The number of benzene rings is 2. The van der Waals surface area contributed by atoms with Gasteiger partial charge in [-0.3, -0.25) is 4.79 Å². The largest absolute Gasteiger partial charge is 0.376 e. The van der Waals surface area contributed by atoms with E-state index in [1.165, 1.54) is 16.0 Å². The lowest BCUT2D eigenvalue weighted by atomic mass is 10.2. The number of carbonyl (C=O) groups is 2. The summed E-state index contributed by atoms with van der Waals surface area (Å²) in [6, 6.07) is 18.1. The van der Waals surface area contributed by atoms with Crippen LogP contribution in [0.3, 0.4) is 0 Å². The van der Waals surface area contributed by atoms with Gasteiger partial charge in [-0.05, 0) is 36.5 Å². The van der Waals surface area contributed by atoms with Crippen LogP contribution in [-0.4, -0.2) is 22.7 Å². The fraction of sp³-hybridized carbons (Fsp3) is 0. The smallest absolute Gasteiger partial charge is 0.345 e. The number of amides is 1. The van der Waals surface area contributed by atoms with Crippen molar-refractivity contribution in [2.24, 2.45) is 4.99 Å². The maximum Gasteiger partial charge on any atom is 0.376 e. The topological polar surface area (TPSA) is 74.2 Å². The number of hydrogen-bond donors (Lipinski definition) is 1. The second kappa shape index (κ2) is 6.51. The number of thiocarbonyl (C=S) groups is 1. The number of carbonyl (C=O) groups excluding carboxylic acids is 2. The average Bonchev–Trinajstić information content (AvgIpc) is 3.16. The molecule has 0 spiro atoms. The van der Waals surface area contributed by atoms with E-state index in [4.69, 9.17) is 17.1 Å². The Labute approximate surface area is 154 Å². The Morgan fingerprint density at radius 2 is 1.58 bits per heavy atom. The molecular weight excluding hydrogens is 352 g/mol. The lowest BCUT2D eigenvalue weighted by Gasteiger charge is -2.15. The highest BCUT2D eigenvalue weighted by atomic mass is 32.1. The van der Waals surface area contributed by atoms with Crippen LogP contribution < -0.4 is 15.5 Å². The molecule has 0 radical (unpaired) electrons. The normalized spacial score (nSPS) is 18.5. The fourth-order valence-electron chi connectivity index (χ4n) is 2.60. The number of rotatable bonds is 3. The summed E-state index contributed by atoms with van der Waals surface area (Å²) in [5.74, 6) is -1.02. The molecule has 1 amide bonds. The minimum absolute atomic E-state index is 0.0652. The van der Waals surface area contributed by atoms with Gasteiger partial charge < -0.3 is 4.84 Å². The van der Waals surface area contributed by atoms with E-state index in [1.807, 2.05) is 24.3 Å². The minimum Gasteiger partial charge on any atom is -0.345 e. The molecule has 0 bridgehead atoms. The quantitative estimate of drug-likeness (QED) is 0.664. The second-order valence-corrected chi connectivity index (χ2v) is 5.80. The Balaban J connectivity index is 1.67. The van der Waals surface area contributed by atoms with E-state index in [-0.39, 0.29) is 16.5 Å². The van der Waals surface area contributed by atoms with E-state index in [0.29, 0.717) is 11.4 Å². The molecule has 0 unspecified atom stereocenters. The first-order valence-electron chi connectivity index (χ1n) is 7.71. The number of nitrogens with one attached hydrogen (secondary N) is 1. The Bertz CT molecular complexity index is 957. The zero-order valence-corrected chi connectivity index (χ0v) is 14.1. The molecule has 7 nitrogen and oxygen atoms in total. The van der Waals surface area contributed by atoms with Gasteiger partial charge in [-0.2, -0.15) is 0 Å². The number of hydrogen-bond acceptors (Lipinski definition) is 6. The molecule has 2 heterocycles. The number of nitrogens with zero attached hydrogens (tertiary/aromatic N) is 3. The van der Waals surface area contributed by atoms with Gasteiger partial charge in [-0.15, -0.1) is 0 Å². The van der Waals surface area contributed by atoms with E-state index in [9.17, 15) is 9.59 Å². The first-order valence-corrected chi connectivity index (χ1v) is 8.12. The van der Waals surface area contributed by atoms with Crippen LogP contribution in [0.1, 0.15) is 0 Å². The standard InChI is InChI=1S/C18H12N4O3S/c23-16-14(19-18(26)21(16)12-7-3-1-4-8-12)11-15-17(24)25-20-22(15)13-9-5-2-6-10-13/h1-11,20H. The molecule has 4 rings (SSSR count). The van der Waals surface area contributed by atoms with Crippen LogP contribution in [-0.2, 0) is 14.4 Å². The summed E-state index contributed by atoms with van der Waals surface area (Å²) < 4.78 is 0. The van der Waals surface area contributed by atoms with Crippen molar-refractivity contribution in [3.8, 4) is 0 Å². The maximum atomic E-state index is 12.7. The fourth-order valence-corrected chi connectivity index (χ4v) is 2.89. The van der Waals surface area contributed by atoms with Gasteiger partial charge >= 0.3 is 5.97 Å². The van der Waals surface area contributed by atoms with Gasteiger partial charge in [0, 0.05) is 6.08 Å². The lowest BCUT2D eigenvalue weighted by molar-refractivity contribution is -0.140. The first-order chi connectivity index (χ1) is 12.6. The molecule has 2 aromatic carbocycles. The Morgan fingerprint density at radius 3 is 2.23 bits per heavy atom. The Hall–Kier alpha value is -3.36. The summed E-state index contributed by atoms with van der Waals surface area (Å²) in [7, 11) is 0. The number of aliphatic imine (C=N–C) groups is 1. The van der Waals surface area contributed by atoms with Crippen LogP contribution in [0.25, 0.3) is 0 Å². The van der Waals surface area contributed by atoms with Gasteiger partial charge in [0.05, 0.1) is 11.4 Å². The third-order valence-electron chi connectivity index (χ3n) is 3.81. The highest BCUT2D eigenvalue weighted by Gasteiger charge is 2.35. The Kier molecular flexibility index (Phi) is 4.04. The molecule has 0 aliphatic carbocycles. The van der Waals surface area contributed by atoms with Crippen LogP contribution >= 0.6 is 12.2 Å². The number of anilines is 2. The molecule has 2 aliphatic rings. The van der Waals surface area contributed by atoms with Crippen molar-refractivity contribution < 1.29 is 14.4 Å². The molecule has 1 fully saturated rings. The van der Waals surface area contributed by atoms with Crippen molar-refractivity contribution in [3.05, 3.63) is 72.4 Å². The van der Waals surface area contributed by atoms with E-state index in [1.54, 1.807) is 36.4 Å². The minimum atomic E-state index is -0.617. The molecule has 128 valence electrons. The summed E-state index contributed by atoms with van der Waals surface area (Å²) >= 11 is 5.21. The number of para-hydroxylation sites is 2. The predicted octanol–water partition coefficient (Wildman–Crippen LogP) is 2.13. The molecule has 8 heteroatoms. The molecule has 0 saturated carbocycles. The van der Waals surface area contributed by atoms with Crippen molar-refractivity contribution in [3.63, 3.8) is 0 Å². The molecule has 26 heavy (non-hydrogen) atoms. The van der Waals surface area contributed by atoms with Crippen molar-refractivity contribution in [1.82, 2.24) is 5.59 Å². The summed E-state index contributed by atoms with van der Waals surface area (Å²) in [5.41, 5.74) is 4.02. The summed E-state index contributed by atoms with van der Waals surface area (Å²) in [6.07, 6.45) is 1.37. The monoisotopic (exact) mass is 364 g/mol. The molecule has 1 saturated heterocycles. The van der Waals surface area contributed by atoms with E-state index < -0.39 is 11.9 Å². The average molecular weight is 364 g/mol. The van der Waals surface area contributed by atoms with Gasteiger partial charge in [-0.1, -0.05) is 42.0 Å². The zero-order chi connectivity index (χ0) is 18.1. The molecule has 2 aromatic rings. The lowest BCUT2D eigenvalue weighted by Crippen LogP contribution is -2.33. The second-order valence-electron chi connectivity index (χ2n) is 5.44. The Morgan fingerprint density at radius 1 is 0.962 bits per heavy atom. The molecule has 2 aliphatic heterocycles. The van der Waals surface area contributed by atoms with E-state index >= 15 is 0 Å². The van der Waals surface area contributed by atoms with Gasteiger partial charge in [0.15, 0.2) is 5.70 Å². The van der Waals surface area contributed by atoms with Gasteiger partial charge in [0.1, 0.15) is 5.71 Å². The highest BCUT2D eigenvalue weighted by Crippen LogP contribution is 2.24. The van der Waals surface area contributed by atoms with E-state index in [0.717, 1.165) is 0 Å². The maximum absolute atomic E-state index is 12.7. The van der Waals surface area contributed by atoms with Crippen LogP contribution in [0.5, 0.6) is 0 Å². The van der Waals surface area contributed by atoms with Crippen molar-refractivity contribution in [2.45, 2.75) is 0 Å². The van der Waals surface area contributed by atoms with Gasteiger partial charge in [0.2, 0.25) is 5.11 Å². The van der Waals surface area contributed by atoms with Crippen molar-refractivity contribution >= 4 is 46.3 Å². The SMILES string of the molecule is O=C1ONN(c2ccccc2)C1=CC1=NC(=S)N(c2ccccc2)C1=O. The van der Waals surface area contributed by atoms with Crippen LogP contribution in [0, 0.1) is 0 Å². The third-order valence-corrected chi connectivity index (χ3v) is 4.09. The van der Waals surface area contributed by atoms with Gasteiger partial charge in [0.25, 0.3) is 5.91 Å². The molecule has 1 N–H and O–H groups in total. The van der Waals surface area contributed by atoms with Crippen molar-refractivity contribution in [1.29, 1.82) is 0 Å². The zero-order valence-electron chi connectivity index (χ0n) is 13.3. The summed E-state index contributed by atoms with van der Waals surface area (Å²) in [5, 5.41) is 1.56.